The van der Waals surface area contributed by atoms with Gasteiger partial charge in [-0.15, -0.1) is 0 Å². The predicted octanol–water partition coefficient (Wildman–Crippen LogP) is 3.67. The fraction of sp³-hybridized carbons (Fsp3) is 0.0455. The molecule has 28 heavy (non-hydrogen) atoms. The van der Waals surface area contributed by atoms with Crippen molar-refractivity contribution in [3.8, 4) is 11.8 Å². The maximum absolute atomic E-state index is 12.7. The second-order valence-corrected chi connectivity index (χ2v) is 7.50. The third kappa shape index (κ3) is 4.78. The molecule has 0 aliphatic carbocycles. The standard InChI is InChI=1S/C22H17NO4S/c1-27-22(24)19-10-6-12-21(16-19)28(25,26)23-20-11-5-9-18(15-20)14-13-17-7-3-2-4-8-17/h2-12,15-16,23H,1H3. The zero-order valence-corrected chi connectivity index (χ0v) is 15.9. The van der Waals surface area contributed by atoms with Gasteiger partial charge in [0.15, 0.2) is 0 Å². The van der Waals surface area contributed by atoms with Gasteiger partial charge in [-0.1, -0.05) is 42.2 Å². The van der Waals surface area contributed by atoms with Gasteiger partial charge in [-0.05, 0) is 48.5 Å². The van der Waals surface area contributed by atoms with Gasteiger partial charge < -0.3 is 4.74 Å². The summed E-state index contributed by atoms with van der Waals surface area (Å²) in [6.07, 6.45) is 0. The molecular weight excluding hydrogens is 374 g/mol. The number of carbonyl (C=O) groups excluding carboxylic acids is 1. The summed E-state index contributed by atoms with van der Waals surface area (Å²) in [5, 5.41) is 0. The number of rotatable bonds is 4. The van der Waals surface area contributed by atoms with E-state index in [0.29, 0.717) is 11.3 Å². The molecule has 0 saturated carbocycles. The van der Waals surface area contributed by atoms with Crippen LogP contribution in [0, 0.1) is 11.8 Å². The second-order valence-electron chi connectivity index (χ2n) is 5.82. The lowest BCUT2D eigenvalue weighted by molar-refractivity contribution is 0.0600. The number of anilines is 1. The molecular formula is C22H17NO4S. The summed E-state index contributed by atoms with van der Waals surface area (Å²) in [5.74, 6) is 5.44. The molecule has 5 nitrogen and oxygen atoms in total. The van der Waals surface area contributed by atoms with Gasteiger partial charge in [0, 0.05) is 11.1 Å². The average Bonchev–Trinajstić information content (AvgIpc) is 2.72. The first-order valence-corrected chi connectivity index (χ1v) is 9.84. The van der Waals surface area contributed by atoms with E-state index in [4.69, 9.17) is 0 Å². The average molecular weight is 391 g/mol. The fourth-order valence-electron chi connectivity index (χ4n) is 2.45. The van der Waals surface area contributed by atoms with Crippen LogP contribution in [0.5, 0.6) is 0 Å². The zero-order valence-electron chi connectivity index (χ0n) is 15.0. The minimum Gasteiger partial charge on any atom is -0.465 e. The number of ether oxygens (including phenoxy) is 1. The topological polar surface area (TPSA) is 72.5 Å². The Morgan fingerprint density at radius 1 is 0.857 bits per heavy atom. The van der Waals surface area contributed by atoms with Gasteiger partial charge in [-0.3, -0.25) is 4.72 Å². The van der Waals surface area contributed by atoms with E-state index in [9.17, 15) is 13.2 Å². The number of methoxy groups -OCH3 is 1. The van der Waals surface area contributed by atoms with Gasteiger partial charge >= 0.3 is 5.97 Å². The Hall–Kier alpha value is -3.56. The number of sulfonamides is 1. The maximum atomic E-state index is 12.7. The maximum Gasteiger partial charge on any atom is 0.337 e. The van der Waals surface area contributed by atoms with Crippen LogP contribution < -0.4 is 4.72 Å². The summed E-state index contributed by atoms with van der Waals surface area (Å²) >= 11 is 0. The molecule has 1 N–H and O–H groups in total. The highest BCUT2D eigenvalue weighted by atomic mass is 32.2. The van der Waals surface area contributed by atoms with Gasteiger partial charge in [0.2, 0.25) is 0 Å². The normalized spacial score (nSPS) is 10.5. The van der Waals surface area contributed by atoms with E-state index >= 15 is 0 Å². The van der Waals surface area contributed by atoms with Crippen molar-refractivity contribution in [3.05, 3.63) is 95.6 Å². The molecule has 6 heteroatoms. The van der Waals surface area contributed by atoms with E-state index in [2.05, 4.69) is 21.3 Å². The Morgan fingerprint density at radius 2 is 1.54 bits per heavy atom. The highest BCUT2D eigenvalue weighted by Crippen LogP contribution is 2.18. The quantitative estimate of drug-likeness (QED) is 0.544. The first kappa shape index (κ1) is 19.2. The van der Waals surface area contributed by atoms with Gasteiger partial charge in [-0.2, -0.15) is 0 Å². The Labute approximate surface area is 164 Å². The largest absolute Gasteiger partial charge is 0.465 e. The molecule has 0 spiro atoms. The van der Waals surface area contributed by atoms with Crippen LogP contribution >= 0.6 is 0 Å². The van der Waals surface area contributed by atoms with Crippen LogP contribution in [-0.2, 0) is 14.8 Å². The van der Waals surface area contributed by atoms with E-state index in [0.717, 1.165) is 5.56 Å². The Kier molecular flexibility index (Phi) is 5.78. The van der Waals surface area contributed by atoms with Crippen molar-refractivity contribution < 1.29 is 17.9 Å². The van der Waals surface area contributed by atoms with Crippen LogP contribution in [0.3, 0.4) is 0 Å². The molecule has 0 atom stereocenters. The molecule has 0 heterocycles. The third-order valence-corrected chi connectivity index (χ3v) is 5.18. The molecule has 0 aliphatic rings. The zero-order chi connectivity index (χ0) is 20.0. The summed E-state index contributed by atoms with van der Waals surface area (Å²) in [6.45, 7) is 0. The first-order valence-electron chi connectivity index (χ1n) is 8.36. The predicted molar refractivity (Wildman–Crippen MR) is 107 cm³/mol. The molecule has 0 fully saturated rings. The third-order valence-electron chi connectivity index (χ3n) is 3.81. The molecule has 0 aliphatic heterocycles. The smallest absolute Gasteiger partial charge is 0.337 e. The molecule has 3 aromatic carbocycles. The van der Waals surface area contributed by atoms with E-state index < -0.39 is 16.0 Å². The molecule has 140 valence electrons. The van der Waals surface area contributed by atoms with Crippen molar-refractivity contribution in [2.24, 2.45) is 0 Å². The van der Waals surface area contributed by atoms with Crippen molar-refractivity contribution in [3.63, 3.8) is 0 Å². The number of nitrogens with one attached hydrogen (secondary N) is 1. The van der Waals surface area contributed by atoms with Crippen molar-refractivity contribution in [2.45, 2.75) is 4.90 Å². The Balaban J connectivity index is 1.84. The minimum atomic E-state index is -3.87. The van der Waals surface area contributed by atoms with Crippen molar-refractivity contribution in [1.29, 1.82) is 0 Å². The van der Waals surface area contributed by atoms with Crippen LogP contribution in [0.25, 0.3) is 0 Å². The highest BCUT2D eigenvalue weighted by molar-refractivity contribution is 7.92. The van der Waals surface area contributed by atoms with Crippen molar-refractivity contribution >= 4 is 21.7 Å². The van der Waals surface area contributed by atoms with E-state index in [1.807, 2.05) is 30.3 Å². The number of benzene rings is 3. The minimum absolute atomic E-state index is 0.0313. The summed E-state index contributed by atoms with van der Waals surface area (Å²) in [6, 6.07) is 22.0. The van der Waals surface area contributed by atoms with E-state index in [1.165, 1.54) is 31.4 Å². The monoisotopic (exact) mass is 391 g/mol. The number of carbonyl (C=O) groups is 1. The molecule has 0 unspecified atom stereocenters. The van der Waals surface area contributed by atoms with Crippen LogP contribution in [-0.4, -0.2) is 21.5 Å². The van der Waals surface area contributed by atoms with Crippen LogP contribution in [0.15, 0.2) is 83.8 Å². The fourth-order valence-corrected chi connectivity index (χ4v) is 3.54. The summed E-state index contributed by atoms with van der Waals surface area (Å²) in [7, 11) is -2.63. The van der Waals surface area contributed by atoms with Crippen LogP contribution in [0.4, 0.5) is 5.69 Å². The summed E-state index contributed by atoms with van der Waals surface area (Å²) < 4.78 is 32.5. The Bertz CT molecular complexity index is 1160. The lowest BCUT2D eigenvalue weighted by Gasteiger charge is -2.09. The van der Waals surface area contributed by atoms with Gasteiger partial charge in [0.1, 0.15) is 0 Å². The van der Waals surface area contributed by atoms with Crippen molar-refractivity contribution in [1.82, 2.24) is 0 Å². The van der Waals surface area contributed by atoms with Crippen molar-refractivity contribution in [2.75, 3.05) is 11.8 Å². The van der Waals surface area contributed by atoms with E-state index in [1.54, 1.807) is 24.3 Å². The number of hydrogen-bond acceptors (Lipinski definition) is 4. The molecule has 0 bridgehead atoms. The lowest BCUT2D eigenvalue weighted by Crippen LogP contribution is -2.14. The summed E-state index contributed by atoms with van der Waals surface area (Å²) in [5.41, 5.74) is 2.08. The molecule has 3 aromatic rings. The number of esters is 1. The van der Waals surface area contributed by atoms with Crippen LogP contribution in [0.2, 0.25) is 0 Å². The Morgan fingerprint density at radius 3 is 2.29 bits per heavy atom. The molecule has 0 saturated heterocycles. The molecule has 3 rings (SSSR count). The molecule has 0 aromatic heterocycles. The molecule has 0 radical (unpaired) electrons. The number of hydrogen-bond donors (Lipinski definition) is 1. The van der Waals surface area contributed by atoms with Gasteiger partial charge in [-0.25, -0.2) is 13.2 Å². The van der Waals surface area contributed by atoms with Crippen LogP contribution in [0.1, 0.15) is 21.5 Å². The first-order chi connectivity index (χ1) is 13.5. The van der Waals surface area contributed by atoms with Gasteiger partial charge in [0.05, 0.1) is 23.3 Å². The summed E-state index contributed by atoms with van der Waals surface area (Å²) in [4.78, 5) is 11.6. The SMILES string of the molecule is COC(=O)c1cccc(S(=O)(=O)Nc2cccc(C#Cc3ccccc3)c2)c1. The van der Waals surface area contributed by atoms with Gasteiger partial charge in [0.25, 0.3) is 10.0 Å². The van der Waals surface area contributed by atoms with E-state index in [-0.39, 0.29) is 10.5 Å². The molecule has 0 amide bonds. The second kappa shape index (κ2) is 8.42. The lowest BCUT2D eigenvalue weighted by atomic mass is 10.2. The highest BCUT2D eigenvalue weighted by Gasteiger charge is 2.16.